The van der Waals surface area contributed by atoms with Crippen molar-refractivity contribution in [3.8, 4) is 11.1 Å². The van der Waals surface area contributed by atoms with Crippen molar-refractivity contribution < 1.29 is 18.3 Å². The molecule has 0 amide bonds. The molecule has 0 saturated carbocycles. The van der Waals surface area contributed by atoms with Gasteiger partial charge < -0.3 is 0 Å². The molecule has 0 unspecified atom stereocenters. The molecule has 3 heteroatoms. The number of rotatable bonds is 4. The van der Waals surface area contributed by atoms with E-state index in [0.29, 0.717) is 0 Å². The number of halogens is 2. The van der Waals surface area contributed by atoms with Gasteiger partial charge >= 0.3 is 323 Å². The van der Waals surface area contributed by atoms with Crippen LogP contribution in [0.5, 0.6) is 0 Å². The topological polar surface area (TPSA) is 0 Å². The molecule has 6 aromatic rings. The number of hydrogen-bond donors (Lipinski definition) is 0. The third-order valence-corrected chi connectivity index (χ3v) is 29.8. The molecule has 0 heterocycles. The molecule has 0 spiro atoms. The number of hydrogen-bond acceptors (Lipinski definition) is 0. The predicted molar refractivity (Wildman–Crippen MR) is 227 cm³/mol. The van der Waals surface area contributed by atoms with E-state index in [1.165, 1.54) is 68.4 Å². The molecule has 2 aliphatic carbocycles. The maximum atomic E-state index is 7.09. The molecule has 0 atom stereocenters. The summed E-state index contributed by atoms with van der Waals surface area (Å²) in [6, 6.07) is 34.0. The predicted octanol–water partition coefficient (Wildman–Crippen LogP) is 12.3. The van der Waals surface area contributed by atoms with Gasteiger partial charge in [-0.25, -0.2) is 0 Å². The van der Waals surface area contributed by atoms with Crippen LogP contribution in [0.2, 0.25) is 10.0 Å². The second-order valence-electron chi connectivity index (χ2n) is 17.5. The Bertz CT molecular complexity index is 2550. The maximum absolute atomic E-state index is 7.09. The van der Waals surface area contributed by atoms with E-state index in [4.69, 9.17) is 27.4 Å². The van der Waals surface area contributed by atoms with Crippen molar-refractivity contribution >= 4 is 58.8 Å². The average Bonchev–Trinajstić information content (AvgIpc) is 3.75. The Morgan fingerprint density at radius 3 is 1.67 bits per heavy atom. The van der Waals surface area contributed by atoms with Crippen molar-refractivity contribution in [1.29, 1.82) is 0 Å². The van der Waals surface area contributed by atoms with Crippen molar-refractivity contribution in [2.45, 2.75) is 79.1 Å². The molecule has 2 aliphatic rings. The molecule has 0 nitrogen and oxygen atoms in total. The first kappa shape index (κ1) is 35.7. The Labute approximate surface area is 320 Å². The fourth-order valence-corrected chi connectivity index (χ4v) is 28.6. The van der Waals surface area contributed by atoms with Gasteiger partial charge in [0.2, 0.25) is 0 Å². The summed E-state index contributed by atoms with van der Waals surface area (Å²) in [5, 5.41) is 6.07. The van der Waals surface area contributed by atoms with Gasteiger partial charge in [0.15, 0.2) is 0 Å². The number of benzene rings is 6. The van der Waals surface area contributed by atoms with Gasteiger partial charge in [-0.15, -0.1) is 0 Å². The van der Waals surface area contributed by atoms with Crippen LogP contribution in [0.3, 0.4) is 0 Å². The van der Waals surface area contributed by atoms with Crippen LogP contribution in [0, 0.1) is 13.8 Å². The molecule has 0 saturated heterocycles. The molecular weight excluding hydrogens is 751 g/mol. The minimum absolute atomic E-state index is 0.0313. The zero-order valence-electron chi connectivity index (χ0n) is 31.8. The number of allylic oxidation sites excluding steroid dienone is 4. The van der Waals surface area contributed by atoms with Crippen LogP contribution >= 0.6 is 23.2 Å². The quantitative estimate of drug-likeness (QED) is 0.166. The first-order valence-corrected chi connectivity index (χ1v) is 26.0. The van der Waals surface area contributed by atoms with E-state index in [9.17, 15) is 0 Å². The van der Waals surface area contributed by atoms with Crippen LogP contribution in [0.15, 0.2) is 113 Å². The summed E-state index contributed by atoms with van der Waals surface area (Å²) >= 11 is 8.80. The van der Waals surface area contributed by atoms with Gasteiger partial charge in [-0.3, -0.25) is 0 Å². The average molecular weight is 799 g/mol. The summed E-state index contributed by atoms with van der Waals surface area (Å²) in [5.74, 6) is 0. The Balaban J connectivity index is 1.68. The van der Waals surface area contributed by atoms with Crippen molar-refractivity contribution in [3.05, 3.63) is 156 Å². The van der Waals surface area contributed by atoms with Gasteiger partial charge in [0.25, 0.3) is 0 Å². The molecular formula is C49H48Cl2Zr. The van der Waals surface area contributed by atoms with Crippen molar-refractivity contribution in [3.63, 3.8) is 0 Å². The molecule has 0 aliphatic heterocycles. The third-order valence-electron chi connectivity index (χ3n) is 12.4. The summed E-state index contributed by atoms with van der Waals surface area (Å²) in [5.41, 5.74) is 11.1. The second kappa shape index (κ2) is 12.1. The molecule has 0 aromatic heterocycles. The monoisotopic (exact) mass is 796 g/mol. The standard InChI is InChI=1S/C23H29.2C10H6Cl.C5H5.CH2.Zr/c1-14-9-16-11-17-10-15(2)21(23(6,7)8)13-19(17)18(16)12-20(14)22(3,4)5;2*11-10-7-3-5-8-4-1-2-6-9(8)10;1-2-4-5-3-1;;/h9,12-13H,11H2,1-8H3;2*1-3,5-7H;1-3H,4H2;1H2;. The fraction of sp³-hybridized carbons (Fsp3) is 0.245. The van der Waals surface area contributed by atoms with Gasteiger partial charge in [-0.2, -0.15) is 0 Å². The second-order valence-corrected chi connectivity index (χ2v) is 30.9. The fourth-order valence-electron chi connectivity index (χ4n) is 10.2. The summed E-state index contributed by atoms with van der Waals surface area (Å²) in [6.07, 6.45) is 8.76. The van der Waals surface area contributed by atoms with Crippen molar-refractivity contribution in [2.24, 2.45) is 0 Å². The number of fused-ring (bicyclic) bond motifs is 5. The molecule has 8 rings (SSSR count). The van der Waals surface area contributed by atoms with E-state index in [0.717, 1.165) is 33.7 Å². The number of aryl methyl sites for hydroxylation is 1. The summed E-state index contributed by atoms with van der Waals surface area (Å²) < 4.78 is 11.6. The van der Waals surface area contributed by atoms with Crippen LogP contribution < -0.4 is 9.81 Å². The summed E-state index contributed by atoms with van der Waals surface area (Å²) in [6.45, 7) is 18.8. The van der Waals surface area contributed by atoms with Gasteiger partial charge in [0, 0.05) is 0 Å². The van der Waals surface area contributed by atoms with Crippen molar-refractivity contribution in [1.82, 2.24) is 0 Å². The van der Waals surface area contributed by atoms with Gasteiger partial charge in [0.05, 0.1) is 0 Å². The van der Waals surface area contributed by atoms with Crippen LogP contribution in [0.4, 0.5) is 0 Å². The van der Waals surface area contributed by atoms with Crippen LogP contribution in [-0.4, -0.2) is 4.21 Å². The normalized spacial score (nSPS) is 14.6. The molecule has 0 bridgehead atoms. The van der Waals surface area contributed by atoms with E-state index in [1.807, 2.05) is 12.1 Å². The Kier molecular flexibility index (Phi) is 8.29. The van der Waals surface area contributed by atoms with E-state index in [1.54, 1.807) is 0 Å². The van der Waals surface area contributed by atoms with Crippen LogP contribution in [0.25, 0.3) is 32.7 Å². The van der Waals surface area contributed by atoms with Gasteiger partial charge in [-0.1, -0.05) is 0 Å². The molecule has 262 valence electrons. The van der Waals surface area contributed by atoms with Crippen LogP contribution in [-0.2, 0) is 35.5 Å². The zero-order valence-corrected chi connectivity index (χ0v) is 35.7. The third kappa shape index (κ3) is 4.99. The van der Waals surface area contributed by atoms with Crippen LogP contribution in [0.1, 0.15) is 81.3 Å². The molecule has 0 fully saturated rings. The van der Waals surface area contributed by atoms with E-state index in [2.05, 4.69) is 152 Å². The molecule has 6 aromatic carbocycles. The summed E-state index contributed by atoms with van der Waals surface area (Å²) in [4.78, 5) is 0. The first-order chi connectivity index (χ1) is 24.5. The van der Waals surface area contributed by atoms with E-state index >= 15 is 0 Å². The van der Waals surface area contributed by atoms with E-state index in [-0.39, 0.29) is 10.8 Å². The SMILES string of the molecule is [CH2]=[Zr]([C]1=CC=CC1)([c]1c(C)c(C(C)(C)C)cc2c1Cc1cc(C)c(C(C)(C)C)cc1-2)([c]1cccc2c(Cl)cccc12)[c]1cccc2c(Cl)cccc12. The Morgan fingerprint density at radius 1 is 0.635 bits per heavy atom. The van der Waals surface area contributed by atoms with Gasteiger partial charge in [-0.05, 0) is 0 Å². The Morgan fingerprint density at radius 2 is 1.15 bits per heavy atom. The first-order valence-electron chi connectivity index (χ1n) is 18.6. The Hall–Kier alpha value is -3.35. The molecule has 0 radical (unpaired) electrons. The minimum atomic E-state index is -5.38. The van der Waals surface area contributed by atoms with E-state index < -0.39 is 18.3 Å². The molecule has 52 heavy (non-hydrogen) atoms. The van der Waals surface area contributed by atoms with Crippen molar-refractivity contribution in [2.75, 3.05) is 0 Å². The molecule has 0 N–H and O–H groups in total. The zero-order chi connectivity index (χ0) is 37.0. The van der Waals surface area contributed by atoms with Gasteiger partial charge in [0.1, 0.15) is 0 Å². The summed E-state index contributed by atoms with van der Waals surface area (Å²) in [7, 11) is 0.